The number of hydrogen-bond donors (Lipinski definition) is 1. The van der Waals surface area contributed by atoms with Crippen LogP contribution >= 0.6 is 22.7 Å². The van der Waals surface area contributed by atoms with E-state index < -0.39 is 0 Å². The molecule has 5 heteroatoms. The van der Waals surface area contributed by atoms with Gasteiger partial charge in [-0.25, -0.2) is 4.98 Å². The monoisotopic (exact) mass is 333 g/mol. The first kappa shape index (κ1) is 16.9. The molecule has 0 aliphatic heterocycles. The molecule has 0 amide bonds. The van der Waals surface area contributed by atoms with E-state index >= 15 is 0 Å². The zero-order chi connectivity index (χ0) is 16.1. The molecule has 3 heterocycles. The Morgan fingerprint density at radius 2 is 2.00 bits per heavy atom. The number of pyridine rings is 1. The molecule has 0 atom stereocenters. The molecular formula is C17H23N3S2. The van der Waals surface area contributed by atoms with E-state index in [9.17, 15) is 0 Å². The number of nitrogens with zero attached hydrogens (tertiary/aromatic N) is 2. The van der Waals surface area contributed by atoms with E-state index in [-0.39, 0.29) is 0 Å². The first-order chi connectivity index (χ1) is 10.7. The molecule has 0 radical (unpaired) electrons. The Morgan fingerprint density at radius 3 is 2.64 bits per heavy atom. The maximum atomic E-state index is 4.71. The van der Waals surface area contributed by atoms with Gasteiger partial charge in [0.15, 0.2) is 0 Å². The molecule has 0 unspecified atom stereocenters. The number of fused-ring (bicyclic) bond motifs is 1. The molecule has 0 aromatic carbocycles. The fourth-order valence-corrected chi connectivity index (χ4v) is 4.06. The van der Waals surface area contributed by atoms with Crippen molar-refractivity contribution in [3.63, 3.8) is 0 Å². The van der Waals surface area contributed by atoms with Crippen molar-refractivity contribution >= 4 is 38.6 Å². The van der Waals surface area contributed by atoms with Crippen molar-refractivity contribution in [2.24, 2.45) is 0 Å². The number of rotatable bonds is 4. The van der Waals surface area contributed by atoms with Gasteiger partial charge in [-0.3, -0.25) is 4.98 Å². The largest absolute Gasteiger partial charge is 0.377 e. The van der Waals surface area contributed by atoms with E-state index in [2.05, 4.69) is 37.1 Å². The minimum absolute atomic E-state index is 0.772. The number of hydrogen-bond acceptors (Lipinski definition) is 5. The molecular weight excluding hydrogens is 310 g/mol. The number of thiophene rings is 1. The van der Waals surface area contributed by atoms with Gasteiger partial charge in [-0.05, 0) is 31.9 Å². The summed E-state index contributed by atoms with van der Waals surface area (Å²) in [5, 5.41) is 6.63. The van der Waals surface area contributed by atoms with Gasteiger partial charge in [0.1, 0.15) is 5.01 Å². The summed E-state index contributed by atoms with van der Waals surface area (Å²) >= 11 is 3.53. The Balaban J connectivity index is 0.000000847. The lowest BCUT2D eigenvalue weighted by Crippen LogP contribution is -2.00. The van der Waals surface area contributed by atoms with Gasteiger partial charge < -0.3 is 5.32 Å². The van der Waals surface area contributed by atoms with E-state index in [1.165, 1.54) is 20.8 Å². The van der Waals surface area contributed by atoms with Crippen LogP contribution in [-0.2, 0) is 13.0 Å². The van der Waals surface area contributed by atoms with Crippen LogP contribution in [0.3, 0.4) is 0 Å². The summed E-state index contributed by atoms with van der Waals surface area (Å²) in [7, 11) is 0. The van der Waals surface area contributed by atoms with Gasteiger partial charge in [-0.1, -0.05) is 20.8 Å². The molecule has 0 saturated heterocycles. The summed E-state index contributed by atoms with van der Waals surface area (Å²) in [4.78, 5) is 10.4. The molecule has 118 valence electrons. The van der Waals surface area contributed by atoms with Crippen molar-refractivity contribution < 1.29 is 0 Å². The predicted molar refractivity (Wildman–Crippen MR) is 99.3 cm³/mol. The smallest absolute Gasteiger partial charge is 0.112 e. The Hall–Kier alpha value is -1.46. The molecule has 0 saturated carbocycles. The Kier molecular flexibility index (Phi) is 5.91. The molecule has 0 spiro atoms. The number of thiazole rings is 1. The zero-order valence-electron chi connectivity index (χ0n) is 13.9. The second-order valence-corrected chi connectivity index (χ2v) is 6.86. The maximum absolute atomic E-state index is 4.71. The van der Waals surface area contributed by atoms with Crippen LogP contribution in [0.4, 0.5) is 5.69 Å². The average Bonchev–Trinajstić information content (AvgIpc) is 3.16. The van der Waals surface area contributed by atoms with Crippen LogP contribution in [0.15, 0.2) is 17.6 Å². The fourth-order valence-electron chi connectivity index (χ4n) is 2.33. The second kappa shape index (κ2) is 7.70. The lowest BCUT2D eigenvalue weighted by Gasteiger charge is -2.07. The molecule has 0 aliphatic rings. The van der Waals surface area contributed by atoms with Gasteiger partial charge in [0, 0.05) is 22.1 Å². The quantitative estimate of drug-likeness (QED) is 0.678. The standard InChI is InChI=1S/C15H17N3S2.C2H6/c1-4-12-10(3)14-15(20-12)11(7-9(2)18-14)17-8-13-16-5-6-19-13;1-2/h5-7H,4,8H2,1-3H3,(H,17,18);1-2H3. The molecule has 3 aromatic rings. The van der Waals surface area contributed by atoms with E-state index in [1.54, 1.807) is 11.3 Å². The van der Waals surface area contributed by atoms with Crippen LogP contribution in [0.25, 0.3) is 10.2 Å². The predicted octanol–water partition coefficient (Wildman–Crippen LogP) is 5.57. The van der Waals surface area contributed by atoms with E-state index in [0.717, 1.165) is 29.2 Å². The van der Waals surface area contributed by atoms with Gasteiger partial charge in [-0.2, -0.15) is 0 Å². The van der Waals surface area contributed by atoms with Crippen molar-refractivity contribution in [3.05, 3.63) is 38.8 Å². The van der Waals surface area contributed by atoms with E-state index in [0.29, 0.717) is 0 Å². The number of aryl methyl sites for hydroxylation is 3. The summed E-state index contributed by atoms with van der Waals surface area (Å²) in [5.74, 6) is 0. The van der Waals surface area contributed by atoms with Crippen molar-refractivity contribution in [1.82, 2.24) is 9.97 Å². The van der Waals surface area contributed by atoms with Crippen molar-refractivity contribution in [3.8, 4) is 0 Å². The van der Waals surface area contributed by atoms with Gasteiger partial charge >= 0.3 is 0 Å². The third kappa shape index (κ3) is 3.47. The topological polar surface area (TPSA) is 37.8 Å². The molecule has 0 aliphatic carbocycles. The summed E-state index contributed by atoms with van der Waals surface area (Å²) < 4.78 is 1.27. The first-order valence-electron chi connectivity index (χ1n) is 7.71. The minimum atomic E-state index is 0.772. The van der Waals surface area contributed by atoms with Gasteiger partial charge in [0.25, 0.3) is 0 Å². The van der Waals surface area contributed by atoms with E-state index in [1.807, 2.05) is 36.8 Å². The Labute approximate surface area is 140 Å². The maximum Gasteiger partial charge on any atom is 0.112 e. The van der Waals surface area contributed by atoms with Crippen LogP contribution in [-0.4, -0.2) is 9.97 Å². The molecule has 3 nitrogen and oxygen atoms in total. The van der Waals surface area contributed by atoms with Crippen LogP contribution in [0.2, 0.25) is 0 Å². The summed E-state index contributed by atoms with van der Waals surface area (Å²) in [6.45, 7) is 11.2. The lowest BCUT2D eigenvalue weighted by atomic mass is 10.2. The Bertz CT molecular complexity index is 730. The van der Waals surface area contributed by atoms with Crippen molar-refractivity contribution in [2.75, 3.05) is 5.32 Å². The number of anilines is 1. The second-order valence-electron chi connectivity index (χ2n) is 4.77. The summed E-state index contributed by atoms with van der Waals surface area (Å²) in [6, 6.07) is 2.13. The molecule has 0 fully saturated rings. The summed E-state index contributed by atoms with van der Waals surface area (Å²) in [5.41, 5.74) is 4.71. The molecule has 22 heavy (non-hydrogen) atoms. The SMILES string of the molecule is CC.CCc1sc2c(NCc3nccs3)cc(C)nc2c1C. The van der Waals surface area contributed by atoms with Crippen LogP contribution in [0.5, 0.6) is 0 Å². The van der Waals surface area contributed by atoms with Gasteiger partial charge in [-0.15, -0.1) is 22.7 Å². The fraction of sp³-hybridized carbons (Fsp3) is 0.412. The van der Waals surface area contributed by atoms with Crippen molar-refractivity contribution in [2.45, 2.75) is 47.6 Å². The highest BCUT2D eigenvalue weighted by Crippen LogP contribution is 2.35. The molecule has 3 rings (SSSR count). The molecule has 1 N–H and O–H groups in total. The molecule has 0 bridgehead atoms. The summed E-state index contributed by atoms with van der Waals surface area (Å²) in [6.07, 6.45) is 2.91. The number of nitrogens with one attached hydrogen (secondary N) is 1. The van der Waals surface area contributed by atoms with Crippen LogP contribution in [0.1, 0.15) is 41.9 Å². The average molecular weight is 334 g/mol. The van der Waals surface area contributed by atoms with Gasteiger partial charge in [0.05, 0.1) is 22.4 Å². The highest BCUT2D eigenvalue weighted by Gasteiger charge is 2.13. The number of aromatic nitrogens is 2. The normalized spacial score (nSPS) is 10.4. The van der Waals surface area contributed by atoms with Crippen LogP contribution < -0.4 is 5.32 Å². The third-order valence-corrected chi connectivity index (χ3v) is 5.57. The van der Waals surface area contributed by atoms with Crippen molar-refractivity contribution in [1.29, 1.82) is 0 Å². The van der Waals surface area contributed by atoms with Gasteiger partial charge in [0.2, 0.25) is 0 Å². The highest BCUT2D eigenvalue weighted by molar-refractivity contribution is 7.19. The van der Waals surface area contributed by atoms with E-state index in [4.69, 9.17) is 4.98 Å². The lowest BCUT2D eigenvalue weighted by molar-refractivity contribution is 1.10. The highest BCUT2D eigenvalue weighted by atomic mass is 32.1. The zero-order valence-corrected chi connectivity index (χ0v) is 15.5. The first-order valence-corrected chi connectivity index (χ1v) is 9.40. The van der Waals surface area contributed by atoms with Crippen LogP contribution in [0, 0.1) is 13.8 Å². The minimum Gasteiger partial charge on any atom is -0.377 e. The Morgan fingerprint density at radius 1 is 1.23 bits per heavy atom. The third-order valence-electron chi connectivity index (χ3n) is 3.33. The molecule has 3 aromatic heterocycles.